The summed E-state index contributed by atoms with van der Waals surface area (Å²) in [7, 11) is 0. The van der Waals surface area contributed by atoms with E-state index >= 15 is 0 Å². The van der Waals surface area contributed by atoms with Crippen molar-refractivity contribution >= 4 is 42.1 Å². The first-order valence-corrected chi connectivity index (χ1v) is 5.56. The van der Waals surface area contributed by atoms with Gasteiger partial charge < -0.3 is 10.6 Å². The van der Waals surface area contributed by atoms with Crippen molar-refractivity contribution in [2.75, 3.05) is 6.54 Å². The monoisotopic (exact) mass is 283 g/mol. The van der Waals surface area contributed by atoms with Gasteiger partial charge in [-0.1, -0.05) is 0 Å². The molecule has 1 atom stereocenters. The van der Waals surface area contributed by atoms with Gasteiger partial charge in [-0.25, -0.2) is 4.98 Å². The van der Waals surface area contributed by atoms with E-state index in [1.54, 1.807) is 11.3 Å². The molecular weight excluding hydrogens is 269 g/mol. The van der Waals surface area contributed by atoms with E-state index < -0.39 is 0 Å². The number of nitrogens with one attached hydrogen (secondary N) is 2. The van der Waals surface area contributed by atoms with Crippen LogP contribution < -0.4 is 10.6 Å². The van der Waals surface area contributed by atoms with Crippen molar-refractivity contribution in [3.05, 3.63) is 16.1 Å². The van der Waals surface area contributed by atoms with Gasteiger partial charge in [0.15, 0.2) is 0 Å². The molecule has 16 heavy (non-hydrogen) atoms. The molecule has 1 saturated heterocycles. The molecule has 0 spiro atoms. The van der Waals surface area contributed by atoms with Crippen LogP contribution in [0.4, 0.5) is 0 Å². The summed E-state index contributed by atoms with van der Waals surface area (Å²) in [4.78, 5) is 15.7. The van der Waals surface area contributed by atoms with Crippen LogP contribution in [0, 0.1) is 6.92 Å². The Morgan fingerprint density at radius 2 is 2.38 bits per heavy atom. The largest absolute Gasteiger partial charge is 0.348 e. The number of thiazole rings is 1. The highest BCUT2D eigenvalue weighted by atomic mass is 35.5. The van der Waals surface area contributed by atoms with Crippen molar-refractivity contribution in [2.24, 2.45) is 0 Å². The number of hydrogen-bond acceptors (Lipinski definition) is 4. The molecule has 2 rings (SSSR count). The SMILES string of the molecule is Cc1csc(CNC(=O)[C@H]2CCN2)n1.Cl.Cl. The van der Waals surface area contributed by atoms with E-state index in [0.29, 0.717) is 6.54 Å². The molecule has 1 aromatic rings. The van der Waals surface area contributed by atoms with Crippen molar-refractivity contribution in [3.8, 4) is 0 Å². The molecule has 1 fully saturated rings. The molecule has 1 aliphatic rings. The standard InChI is InChI=1S/C9H13N3OS.2ClH/c1-6-5-14-8(12-6)4-11-9(13)7-2-3-10-7;;/h5,7,10H,2-4H2,1H3,(H,11,13);2*1H/t7-;;/m1../s1. The fraction of sp³-hybridized carbons (Fsp3) is 0.556. The number of nitrogens with zero attached hydrogens (tertiary/aromatic N) is 1. The van der Waals surface area contributed by atoms with Gasteiger partial charge in [-0.3, -0.25) is 4.79 Å². The van der Waals surface area contributed by atoms with Crippen LogP contribution in [0.15, 0.2) is 5.38 Å². The van der Waals surface area contributed by atoms with Crippen LogP contribution >= 0.6 is 36.2 Å². The van der Waals surface area contributed by atoms with Crippen LogP contribution in [0.1, 0.15) is 17.1 Å². The number of rotatable bonds is 3. The first kappa shape index (κ1) is 15.6. The number of carbonyl (C=O) groups is 1. The molecule has 0 saturated carbocycles. The minimum atomic E-state index is 0. The number of carbonyl (C=O) groups excluding carboxylic acids is 1. The fourth-order valence-corrected chi connectivity index (χ4v) is 1.99. The maximum absolute atomic E-state index is 11.4. The molecule has 0 unspecified atom stereocenters. The zero-order chi connectivity index (χ0) is 9.97. The van der Waals surface area contributed by atoms with E-state index in [4.69, 9.17) is 0 Å². The van der Waals surface area contributed by atoms with Crippen LogP contribution in [0.3, 0.4) is 0 Å². The highest BCUT2D eigenvalue weighted by Crippen LogP contribution is 2.08. The maximum Gasteiger partial charge on any atom is 0.237 e. The lowest BCUT2D eigenvalue weighted by Crippen LogP contribution is -2.52. The highest BCUT2D eigenvalue weighted by molar-refractivity contribution is 7.09. The Bertz CT molecular complexity index is 341. The Labute approximate surface area is 111 Å². The van der Waals surface area contributed by atoms with Crippen molar-refractivity contribution in [1.82, 2.24) is 15.6 Å². The Morgan fingerprint density at radius 1 is 1.69 bits per heavy atom. The van der Waals surface area contributed by atoms with Crippen LogP contribution in [0.5, 0.6) is 0 Å². The number of amides is 1. The van der Waals surface area contributed by atoms with Gasteiger partial charge in [0.25, 0.3) is 0 Å². The Morgan fingerprint density at radius 3 is 2.81 bits per heavy atom. The Kier molecular flexibility index (Phi) is 6.90. The summed E-state index contributed by atoms with van der Waals surface area (Å²) in [6, 6.07) is 0.0241. The molecule has 1 aliphatic heterocycles. The van der Waals surface area contributed by atoms with Crippen molar-refractivity contribution in [3.63, 3.8) is 0 Å². The molecule has 4 nitrogen and oxygen atoms in total. The third-order valence-corrected chi connectivity index (χ3v) is 3.19. The summed E-state index contributed by atoms with van der Waals surface area (Å²) in [5, 5.41) is 8.88. The smallest absolute Gasteiger partial charge is 0.237 e. The maximum atomic E-state index is 11.4. The van der Waals surface area contributed by atoms with Crippen LogP contribution in [0.25, 0.3) is 0 Å². The van der Waals surface area contributed by atoms with Crippen molar-refractivity contribution in [2.45, 2.75) is 25.9 Å². The second-order valence-electron chi connectivity index (χ2n) is 3.40. The van der Waals surface area contributed by atoms with Gasteiger partial charge in [0.2, 0.25) is 5.91 Å². The molecule has 2 heterocycles. The predicted octanol–water partition coefficient (Wildman–Crippen LogP) is 1.27. The zero-order valence-corrected chi connectivity index (χ0v) is 11.3. The quantitative estimate of drug-likeness (QED) is 0.879. The van der Waals surface area contributed by atoms with Crippen molar-refractivity contribution in [1.29, 1.82) is 0 Å². The third kappa shape index (κ3) is 3.90. The van der Waals surface area contributed by atoms with E-state index in [9.17, 15) is 4.79 Å². The lowest BCUT2D eigenvalue weighted by Gasteiger charge is -2.25. The van der Waals surface area contributed by atoms with Crippen molar-refractivity contribution < 1.29 is 4.79 Å². The summed E-state index contributed by atoms with van der Waals surface area (Å²) in [6.45, 7) is 3.46. The molecule has 1 aromatic heterocycles. The van der Waals surface area contributed by atoms with E-state index in [0.717, 1.165) is 23.7 Å². The molecule has 2 N–H and O–H groups in total. The second-order valence-corrected chi connectivity index (χ2v) is 4.34. The van der Waals surface area contributed by atoms with E-state index in [-0.39, 0.29) is 36.8 Å². The zero-order valence-electron chi connectivity index (χ0n) is 8.86. The first-order valence-electron chi connectivity index (χ1n) is 4.68. The minimum absolute atomic E-state index is 0. The van der Waals surface area contributed by atoms with Gasteiger partial charge in [-0.2, -0.15) is 0 Å². The topological polar surface area (TPSA) is 54.0 Å². The molecule has 0 aliphatic carbocycles. The molecule has 7 heteroatoms. The van der Waals surface area contributed by atoms with Gasteiger partial charge in [0.1, 0.15) is 5.01 Å². The van der Waals surface area contributed by atoms with Gasteiger partial charge in [0, 0.05) is 11.1 Å². The van der Waals surface area contributed by atoms with Crippen LogP contribution in [-0.2, 0) is 11.3 Å². The van der Waals surface area contributed by atoms with Gasteiger partial charge in [0.05, 0.1) is 12.6 Å². The van der Waals surface area contributed by atoms with Gasteiger partial charge in [-0.05, 0) is 19.9 Å². The molecule has 1 amide bonds. The summed E-state index contributed by atoms with van der Waals surface area (Å²) < 4.78 is 0. The molecule has 0 bridgehead atoms. The predicted molar refractivity (Wildman–Crippen MR) is 69.6 cm³/mol. The van der Waals surface area contributed by atoms with Crippen LogP contribution in [-0.4, -0.2) is 23.5 Å². The average Bonchev–Trinajstić information content (AvgIpc) is 2.45. The fourth-order valence-electron chi connectivity index (χ4n) is 1.28. The summed E-state index contributed by atoms with van der Waals surface area (Å²) >= 11 is 1.58. The normalized spacial score (nSPS) is 17.7. The molecule has 0 aromatic carbocycles. The number of halogens is 2. The Hall–Kier alpha value is -0.360. The number of aromatic nitrogens is 1. The summed E-state index contributed by atoms with van der Waals surface area (Å²) in [6.07, 6.45) is 0.947. The van der Waals surface area contributed by atoms with Gasteiger partial charge in [-0.15, -0.1) is 36.2 Å². The minimum Gasteiger partial charge on any atom is -0.348 e. The lowest BCUT2D eigenvalue weighted by atomic mass is 10.1. The first-order chi connectivity index (χ1) is 6.75. The lowest BCUT2D eigenvalue weighted by molar-refractivity contribution is -0.124. The summed E-state index contributed by atoms with van der Waals surface area (Å²) in [5.74, 6) is 0.0871. The second kappa shape index (κ2) is 7.06. The van der Waals surface area contributed by atoms with E-state index in [2.05, 4.69) is 15.6 Å². The van der Waals surface area contributed by atoms with Gasteiger partial charge >= 0.3 is 0 Å². The van der Waals surface area contributed by atoms with Crippen LogP contribution in [0.2, 0.25) is 0 Å². The molecule has 0 radical (unpaired) electrons. The average molecular weight is 284 g/mol. The highest BCUT2D eigenvalue weighted by Gasteiger charge is 2.23. The number of aryl methyl sites for hydroxylation is 1. The summed E-state index contributed by atoms with van der Waals surface area (Å²) in [5.41, 5.74) is 1.01. The molecule has 92 valence electrons. The third-order valence-electron chi connectivity index (χ3n) is 2.22. The van der Waals surface area contributed by atoms with E-state index in [1.807, 2.05) is 12.3 Å². The number of hydrogen-bond donors (Lipinski definition) is 2. The van der Waals surface area contributed by atoms with E-state index in [1.165, 1.54) is 0 Å². The Balaban J connectivity index is 0.00000112. The molecular formula is C9H15Cl2N3OS.